The summed E-state index contributed by atoms with van der Waals surface area (Å²) >= 11 is 5.29. The summed E-state index contributed by atoms with van der Waals surface area (Å²) < 4.78 is 12.8. The maximum Gasteiger partial charge on any atom is 0.173 e. The highest BCUT2D eigenvalue weighted by molar-refractivity contribution is 7.80. The SMILES string of the molecule is CC(C)N(CCC#N)C(=S)Nc1ccc(F)cc1. The third kappa shape index (κ3) is 4.30. The minimum atomic E-state index is -0.281. The van der Waals surface area contributed by atoms with Crippen LogP contribution in [-0.4, -0.2) is 22.6 Å². The van der Waals surface area contributed by atoms with Gasteiger partial charge in [0.2, 0.25) is 0 Å². The monoisotopic (exact) mass is 265 g/mol. The zero-order valence-corrected chi connectivity index (χ0v) is 11.3. The molecule has 0 spiro atoms. The van der Waals surface area contributed by atoms with Gasteiger partial charge in [0.1, 0.15) is 5.82 Å². The largest absolute Gasteiger partial charge is 0.346 e. The van der Waals surface area contributed by atoms with Crippen molar-refractivity contribution in [1.82, 2.24) is 4.90 Å². The fourth-order valence-electron chi connectivity index (χ4n) is 1.49. The standard InChI is InChI=1S/C13H16FN3S/c1-10(2)17(9-3-8-15)13(18)16-12-6-4-11(14)5-7-12/h4-7,10H,3,9H2,1-2H3,(H,16,18). The lowest BCUT2D eigenvalue weighted by molar-refractivity contribution is 0.362. The molecule has 0 bridgehead atoms. The maximum atomic E-state index is 12.8. The highest BCUT2D eigenvalue weighted by Crippen LogP contribution is 2.11. The smallest absolute Gasteiger partial charge is 0.173 e. The highest BCUT2D eigenvalue weighted by atomic mass is 32.1. The number of hydrogen-bond acceptors (Lipinski definition) is 2. The van der Waals surface area contributed by atoms with Gasteiger partial charge in [0.15, 0.2) is 5.11 Å². The number of nitriles is 1. The van der Waals surface area contributed by atoms with Gasteiger partial charge in [0.05, 0.1) is 12.5 Å². The van der Waals surface area contributed by atoms with Gasteiger partial charge in [-0.25, -0.2) is 4.39 Å². The predicted molar refractivity (Wildman–Crippen MR) is 74.7 cm³/mol. The molecule has 1 aromatic carbocycles. The molecule has 0 saturated heterocycles. The number of halogens is 1. The molecule has 96 valence electrons. The second kappa shape index (κ2) is 6.92. The van der Waals surface area contributed by atoms with Crippen LogP contribution in [0.4, 0.5) is 10.1 Å². The van der Waals surface area contributed by atoms with E-state index in [9.17, 15) is 4.39 Å². The Kier molecular flexibility index (Phi) is 5.53. The normalized spacial score (nSPS) is 9.94. The molecule has 0 aliphatic heterocycles. The first-order chi connectivity index (χ1) is 8.54. The average Bonchev–Trinajstić information content (AvgIpc) is 2.32. The molecular weight excluding hydrogens is 249 g/mol. The summed E-state index contributed by atoms with van der Waals surface area (Å²) in [5.74, 6) is -0.281. The molecule has 0 amide bonds. The van der Waals surface area contributed by atoms with E-state index in [-0.39, 0.29) is 11.9 Å². The zero-order valence-electron chi connectivity index (χ0n) is 10.5. The van der Waals surface area contributed by atoms with Crippen molar-refractivity contribution in [3.05, 3.63) is 30.1 Å². The molecule has 0 aliphatic rings. The van der Waals surface area contributed by atoms with E-state index < -0.39 is 0 Å². The van der Waals surface area contributed by atoms with Crippen LogP contribution in [-0.2, 0) is 0 Å². The molecule has 0 unspecified atom stereocenters. The Morgan fingerprint density at radius 2 is 2.06 bits per heavy atom. The molecule has 0 radical (unpaired) electrons. The summed E-state index contributed by atoms with van der Waals surface area (Å²) in [6, 6.07) is 8.32. The van der Waals surface area contributed by atoms with Crippen molar-refractivity contribution < 1.29 is 4.39 Å². The number of nitrogens with zero attached hydrogens (tertiary/aromatic N) is 2. The lowest BCUT2D eigenvalue weighted by Gasteiger charge is -2.28. The molecule has 3 nitrogen and oxygen atoms in total. The molecule has 1 aromatic rings. The molecular formula is C13H16FN3S. The second-order valence-corrected chi connectivity index (χ2v) is 4.52. The van der Waals surface area contributed by atoms with Crippen molar-refractivity contribution in [2.45, 2.75) is 26.3 Å². The quantitative estimate of drug-likeness (QED) is 0.849. The van der Waals surface area contributed by atoms with Gasteiger partial charge in [0.25, 0.3) is 0 Å². The zero-order chi connectivity index (χ0) is 13.5. The predicted octanol–water partition coefficient (Wildman–Crippen LogP) is 3.15. The lowest BCUT2D eigenvalue weighted by atomic mass is 10.3. The summed E-state index contributed by atoms with van der Waals surface area (Å²) in [5, 5.41) is 12.2. The van der Waals surface area contributed by atoms with E-state index in [1.807, 2.05) is 18.7 Å². The highest BCUT2D eigenvalue weighted by Gasteiger charge is 2.12. The third-order valence-electron chi connectivity index (χ3n) is 2.44. The molecule has 0 atom stereocenters. The minimum absolute atomic E-state index is 0.207. The van der Waals surface area contributed by atoms with Gasteiger partial charge in [-0.05, 0) is 50.3 Å². The van der Waals surface area contributed by atoms with E-state index in [0.29, 0.717) is 18.1 Å². The summed E-state index contributed by atoms with van der Waals surface area (Å²) in [5.41, 5.74) is 0.740. The first-order valence-corrected chi connectivity index (χ1v) is 6.15. The number of benzene rings is 1. The van der Waals surface area contributed by atoms with Crippen LogP contribution in [0, 0.1) is 17.1 Å². The Morgan fingerprint density at radius 1 is 1.44 bits per heavy atom. The van der Waals surface area contributed by atoms with E-state index in [0.717, 1.165) is 5.69 Å². The van der Waals surface area contributed by atoms with Crippen molar-refractivity contribution >= 4 is 23.0 Å². The van der Waals surface area contributed by atoms with Crippen molar-refractivity contribution in [2.24, 2.45) is 0 Å². The Labute approximate surface area is 112 Å². The van der Waals surface area contributed by atoms with E-state index in [4.69, 9.17) is 17.5 Å². The Bertz CT molecular complexity index is 437. The van der Waals surface area contributed by atoms with Crippen LogP contribution in [0.5, 0.6) is 0 Å². The van der Waals surface area contributed by atoms with Crippen LogP contribution in [0.2, 0.25) is 0 Å². The van der Waals surface area contributed by atoms with Crippen molar-refractivity contribution in [2.75, 3.05) is 11.9 Å². The fraction of sp³-hybridized carbons (Fsp3) is 0.385. The van der Waals surface area contributed by atoms with Crippen LogP contribution in [0.3, 0.4) is 0 Å². The first kappa shape index (κ1) is 14.4. The molecule has 0 heterocycles. The van der Waals surface area contributed by atoms with Crippen molar-refractivity contribution in [1.29, 1.82) is 5.26 Å². The van der Waals surface area contributed by atoms with Crippen LogP contribution >= 0.6 is 12.2 Å². The van der Waals surface area contributed by atoms with E-state index in [2.05, 4.69) is 11.4 Å². The van der Waals surface area contributed by atoms with Gasteiger partial charge >= 0.3 is 0 Å². The Morgan fingerprint density at radius 3 is 2.56 bits per heavy atom. The molecule has 1 rings (SSSR count). The van der Waals surface area contributed by atoms with E-state index >= 15 is 0 Å². The number of nitrogens with one attached hydrogen (secondary N) is 1. The van der Waals surface area contributed by atoms with Crippen LogP contribution < -0.4 is 5.32 Å². The van der Waals surface area contributed by atoms with Gasteiger partial charge in [-0.3, -0.25) is 0 Å². The second-order valence-electron chi connectivity index (χ2n) is 4.13. The summed E-state index contributed by atoms with van der Waals surface area (Å²) in [6.45, 7) is 4.60. The van der Waals surface area contributed by atoms with Crippen LogP contribution in [0.1, 0.15) is 20.3 Å². The third-order valence-corrected chi connectivity index (χ3v) is 2.78. The molecule has 0 aliphatic carbocycles. The van der Waals surface area contributed by atoms with Crippen LogP contribution in [0.15, 0.2) is 24.3 Å². The van der Waals surface area contributed by atoms with Gasteiger partial charge in [-0.1, -0.05) is 0 Å². The van der Waals surface area contributed by atoms with Crippen LogP contribution in [0.25, 0.3) is 0 Å². The van der Waals surface area contributed by atoms with Crippen molar-refractivity contribution in [3.63, 3.8) is 0 Å². The number of anilines is 1. The number of thiocarbonyl (C=S) groups is 1. The number of rotatable bonds is 4. The Balaban J connectivity index is 2.67. The fourth-order valence-corrected chi connectivity index (χ4v) is 1.91. The van der Waals surface area contributed by atoms with E-state index in [1.54, 1.807) is 12.1 Å². The molecule has 0 saturated carbocycles. The lowest BCUT2D eigenvalue weighted by Crippen LogP contribution is -2.40. The average molecular weight is 265 g/mol. The molecule has 0 aromatic heterocycles. The van der Waals surface area contributed by atoms with Gasteiger partial charge in [-0.15, -0.1) is 0 Å². The first-order valence-electron chi connectivity index (χ1n) is 5.74. The summed E-state index contributed by atoms with van der Waals surface area (Å²) in [4.78, 5) is 1.93. The molecule has 1 N–H and O–H groups in total. The summed E-state index contributed by atoms with van der Waals surface area (Å²) in [6.07, 6.45) is 0.420. The van der Waals surface area contributed by atoms with Gasteiger partial charge < -0.3 is 10.2 Å². The van der Waals surface area contributed by atoms with Crippen molar-refractivity contribution in [3.8, 4) is 6.07 Å². The minimum Gasteiger partial charge on any atom is -0.346 e. The molecule has 18 heavy (non-hydrogen) atoms. The number of hydrogen-bond donors (Lipinski definition) is 1. The molecule has 0 fully saturated rings. The van der Waals surface area contributed by atoms with E-state index in [1.165, 1.54) is 12.1 Å². The topological polar surface area (TPSA) is 39.1 Å². The Hall–Kier alpha value is -1.67. The molecule has 5 heteroatoms. The van der Waals surface area contributed by atoms with Gasteiger partial charge in [0, 0.05) is 18.3 Å². The summed E-state index contributed by atoms with van der Waals surface area (Å²) in [7, 11) is 0. The maximum absolute atomic E-state index is 12.8. The van der Waals surface area contributed by atoms with Gasteiger partial charge in [-0.2, -0.15) is 5.26 Å².